The van der Waals surface area contributed by atoms with Crippen LogP contribution >= 0.6 is 0 Å². The molecule has 1 saturated carbocycles. The van der Waals surface area contributed by atoms with Crippen molar-refractivity contribution < 1.29 is 13.2 Å². The third kappa shape index (κ3) is 2.09. The average molecular weight is 261 g/mol. The molecule has 4 nitrogen and oxygen atoms in total. The lowest BCUT2D eigenvalue weighted by atomic mass is 9.89. The first kappa shape index (κ1) is 14.5. The Morgan fingerprint density at radius 1 is 1.18 bits per heavy atom. The van der Waals surface area contributed by atoms with Crippen molar-refractivity contribution in [1.29, 1.82) is 0 Å². The number of hydrogen-bond donors (Lipinski definition) is 1. The van der Waals surface area contributed by atoms with Crippen molar-refractivity contribution >= 4 is 16.2 Å². The molecule has 0 saturated heterocycles. The van der Waals surface area contributed by atoms with E-state index in [1.807, 2.05) is 20.8 Å². The maximum Gasteiger partial charge on any atom is 0.207 e. The standard InChI is InChI=1S/C12H23NO3S/c1-10(2,3)12(6-7-12)17(15,16)11(4,5)8-13-9-14/h9H,6-8H2,1-5H3,(H,13,14). The zero-order chi connectivity index (χ0) is 13.5. The summed E-state index contributed by atoms with van der Waals surface area (Å²) in [5.74, 6) is 0. The van der Waals surface area contributed by atoms with Gasteiger partial charge in [-0.25, -0.2) is 8.42 Å². The highest BCUT2D eigenvalue weighted by Crippen LogP contribution is 2.58. The minimum absolute atomic E-state index is 0.163. The van der Waals surface area contributed by atoms with Gasteiger partial charge in [-0.05, 0) is 32.1 Å². The fourth-order valence-electron chi connectivity index (χ4n) is 2.45. The maximum atomic E-state index is 12.7. The predicted octanol–water partition coefficient (Wildman–Crippen LogP) is 1.50. The van der Waals surface area contributed by atoms with Crippen LogP contribution in [-0.2, 0) is 14.6 Å². The first-order chi connectivity index (χ1) is 7.52. The van der Waals surface area contributed by atoms with Crippen LogP contribution in [0.25, 0.3) is 0 Å². The first-order valence-electron chi connectivity index (χ1n) is 5.93. The predicted molar refractivity (Wildman–Crippen MR) is 68.5 cm³/mol. The average Bonchev–Trinajstić information content (AvgIpc) is 2.93. The van der Waals surface area contributed by atoms with Crippen molar-refractivity contribution in [2.24, 2.45) is 5.41 Å². The van der Waals surface area contributed by atoms with E-state index < -0.39 is 19.3 Å². The van der Waals surface area contributed by atoms with E-state index in [9.17, 15) is 13.2 Å². The van der Waals surface area contributed by atoms with Gasteiger partial charge in [-0.2, -0.15) is 0 Å². The van der Waals surface area contributed by atoms with E-state index >= 15 is 0 Å². The molecule has 0 aromatic rings. The van der Waals surface area contributed by atoms with Gasteiger partial charge in [0.1, 0.15) is 0 Å². The Bertz CT molecular complexity index is 400. The number of sulfone groups is 1. The molecule has 0 bridgehead atoms. The second kappa shape index (κ2) is 3.97. The molecule has 1 rings (SSSR count). The molecule has 1 aliphatic carbocycles. The molecule has 5 heteroatoms. The molecular formula is C12H23NO3S. The summed E-state index contributed by atoms with van der Waals surface area (Å²) in [4.78, 5) is 10.3. The number of nitrogens with one attached hydrogen (secondary N) is 1. The van der Waals surface area contributed by atoms with Gasteiger partial charge in [-0.3, -0.25) is 4.79 Å². The maximum absolute atomic E-state index is 12.7. The lowest BCUT2D eigenvalue weighted by Crippen LogP contribution is -2.51. The molecule has 0 aromatic carbocycles. The molecule has 0 aromatic heterocycles. The number of carbonyl (C=O) groups is 1. The summed E-state index contributed by atoms with van der Waals surface area (Å²) in [5, 5.41) is 2.49. The van der Waals surface area contributed by atoms with Gasteiger partial charge in [0, 0.05) is 6.54 Å². The number of amides is 1. The highest BCUT2D eigenvalue weighted by atomic mass is 32.2. The Kier molecular flexibility index (Phi) is 3.38. The van der Waals surface area contributed by atoms with Crippen LogP contribution in [-0.4, -0.2) is 30.9 Å². The van der Waals surface area contributed by atoms with Crippen LogP contribution in [0.3, 0.4) is 0 Å². The van der Waals surface area contributed by atoms with E-state index in [1.165, 1.54) is 0 Å². The van der Waals surface area contributed by atoms with Crippen LogP contribution in [0.5, 0.6) is 0 Å². The Hall–Kier alpha value is -0.580. The van der Waals surface area contributed by atoms with Crippen LogP contribution in [0, 0.1) is 5.41 Å². The van der Waals surface area contributed by atoms with E-state index in [0.29, 0.717) is 6.41 Å². The van der Waals surface area contributed by atoms with E-state index in [-0.39, 0.29) is 12.0 Å². The largest absolute Gasteiger partial charge is 0.357 e. The lowest BCUT2D eigenvalue weighted by Gasteiger charge is -2.37. The third-order valence-corrected chi connectivity index (χ3v) is 7.57. The highest BCUT2D eigenvalue weighted by molar-refractivity contribution is 7.94. The number of hydrogen-bond acceptors (Lipinski definition) is 3. The normalized spacial score (nSPS) is 19.8. The van der Waals surface area contributed by atoms with Gasteiger partial charge in [-0.1, -0.05) is 20.8 Å². The van der Waals surface area contributed by atoms with Gasteiger partial charge in [0.15, 0.2) is 9.84 Å². The molecule has 1 fully saturated rings. The molecule has 17 heavy (non-hydrogen) atoms. The fraction of sp³-hybridized carbons (Fsp3) is 0.917. The molecular weight excluding hydrogens is 238 g/mol. The summed E-state index contributed by atoms with van der Waals surface area (Å²) in [6, 6.07) is 0. The quantitative estimate of drug-likeness (QED) is 0.763. The Morgan fingerprint density at radius 3 is 1.94 bits per heavy atom. The van der Waals surface area contributed by atoms with Crippen LogP contribution in [0.2, 0.25) is 0 Å². The minimum Gasteiger partial charge on any atom is -0.357 e. The van der Waals surface area contributed by atoms with Crippen molar-refractivity contribution in [3.05, 3.63) is 0 Å². The highest BCUT2D eigenvalue weighted by Gasteiger charge is 2.65. The molecule has 0 aliphatic heterocycles. The summed E-state index contributed by atoms with van der Waals surface area (Å²) in [6.45, 7) is 9.45. The van der Waals surface area contributed by atoms with Crippen LogP contribution < -0.4 is 5.32 Å². The lowest BCUT2D eigenvalue weighted by molar-refractivity contribution is -0.109. The summed E-state index contributed by atoms with van der Waals surface area (Å²) in [7, 11) is -3.28. The SMILES string of the molecule is CC(C)(C)C1(S(=O)(=O)C(C)(C)CNC=O)CC1. The van der Waals surface area contributed by atoms with Gasteiger partial charge < -0.3 is 5.32 Å². The van der Waals surface area contributed by atoms with Crippen LogP contribution in [0.1, 0.15) is 47.5 Å². The molecule has 1 N–H and O–H groups in total. The summed E-state index contributed by atoms with van der Waals surface area (Å²) in [6.07, 6.45) is 2.00. The zero-order valence-corrected chi connectivity index (χ0v) is 12.1. The molecule has 0 heterocycles. The van der Waals surface area contributed by atoms with Crippen molar-refractivity contribution in [3.63, 3.8) is 0 Å². The second-order valence-corrected chi connectivity index (χ2v) is 9.40. The smallest absolute Gasteiger partial charge is 0.207 e. The zero-order valence-electron chi connectivity index (χ0n) is 11.3. The topological polar surface area (TPSA) is 63.2 Å². The second-order valence-electron chi connectivity index (χ2n) is 6.51. The molecule has 100 valence electrons. The van der Waals surface area contributed by atoms with E-state index in [2.05, 4.69) is 5.32 Å². The molecule has 1 amide bonds. The number of carbonyl (C=O) groups excluding carboxylic acids is 1. The summed E-state index contributed by atoms with van der Waals surface area (Å²) < 4.78 is 23.9. The molecule has 0 radical (unpaired) electrons. The molecule has 0 spiro atoms. The molecule has 0 atom stereocenters. The van der Waals surface area contributed by atoms with E-state index in [1.54, 1.807) is 13.8 Å². The van der Waals surface area contributed by atoms with Gasteiger partial charge in [-0.15, -0.1) is 0 Å². The first-order valence-corrected chi connectivity index (χ1v) is 7.41. The van der Waals surface area contributed by atoms with Crippen molar-refractivity contribution in [3.8, 4) is 0 Å². The Labute approximate surface area is 104 Å². The van der Waals surface area contributed by atoms with Crippen LogP contribution in [0.15, 0.2) is 0 Å². The number of rotatable bonds is 5. The van der Waals surface area contributed by atoms with Crippen molar-refractivity contribution in [1.82, 2.24) is 5.32 Å². The van der Waals surface area contributed by atoms with Gasteiger partial charge in [0.2, 0.25) is 6.41 Å². The van der Waals surface area contributed by atoms with Gasteiger partial charge in [0.25, 0.3) is 0 Å². The summed E-state index contributed by atoms with van der Waals surface area (Å²) in [5.41, 5.74) is -0.260. The van der Waals surface area contributed by atoms with Gasteiger partial charge in [0.05, 0.1) is 9.49 Å². The van der Waals surface area contributed by atoms with Crippen LogP contribution in [0.4, 0.5) is 0 Å². The molecule has 1 aliphatic rings. The Morgan fingerprint density at radius 2 is 1.65 bits per heavy atom. The van der Waals surface area contributed by atoms with E-state index in [4.69, 9.17) is 0 Å². The minimum atomic E-state index is -3.28. The Balaban J connectivity index is 3.08. The fourth-order valence-corrected chi connectivity index (χ4v) is 5.22. The van der Waals surface area contributed by atoms with Crippen molar-refractivity contribution in [2.45, 2.75) is 57.0 Å². The van der Waals surface area contributed by atoms with Gasteiger partial charge >= 0.3 is 0 Å². The monoisotopic (exact) mass is 261 g/mol. The third-order valence-electron chi connectivity index (χ3n) is 3.92. The van der Waals surface area contributed by atoms with E-state index in [0.717, 1.165) is 12.8 Å². The summed E-state index contributed by atoms with van der Waals surface area (Å²) >= 11 is 0. The van der Waals surface area contributed by atoms with Crippen molar-refractivity contribution in [2.75, 3.05) is 6.54 Å². The molecule has 0 unspecified atom stereocenters.